The van der Waals surface area contributed by atoms with Crippen molar-refractivity contribution in [3.05, 3.63) is 0 Å². The van der Waals surface area contributed by atoms with Gasteiger partial charge in [-0.25, -0.2) is 9.59 Å². The topological polar surface area (TPSA) is 120 Å². The minimum atomic E-state index is -2.18. The quantitative estimate of drug-likeness (QED) is 0.210. The number of carbonyl (C=O) groups is 4. The minimum absolute atomic E-state index is 0.0330. The predicted molar refractivity (Wildman–Crippen MR) is 87.9 cm³/mol. The Morgan fingerprint density at radius 2 is 1.88 bits per heavy atom. The zero-order valence-electron chi connectivity index (χ0n) is 15.7. The van der Waals surface area contributed by atoms with Gasteiger partial charge in [0.15, 0.2) is 0 Å². The molecule has 1 saturated heterocycles. The van der Waals surface area contributed by atoms with E-state index in [1.54, 1.807) is 27.7 Å². The molecule has 1 fully saturated rings. The lowest BCUT2D eigenvalue weighted by molar-refractivity contribution is -0.166. The molecule has 0 aromatic rings. The van der Waals surface area contributed by atoms with Crippen molar-refractivity contribution in [2.75, 3.05) is 33.7 Å². The molecule has 10 heteroatoms. The van der Waals surface area contributed by atoms with Gasteiger partial charge in [0.2, 0.25) is 11.4 Å². The first-order chi connectivity index (χ1) is 12.1. The molecule has 0 spiro atoms. The van der Waals surface area contributed by atoms with E-state index in [9.17, 15) is 19.2 Å². The molecule has 0 bridgehead atoms. The van der Waals surface area contributed by atoms with Crippen molar-refractivity contribution in [2.45, 2.75) is 45.3 Å². The van der Waals surface area contributed by atoms with Crippen molar-refractivity contribution in [2.24, 2.45) is 0 Å². The van der Waals surface area contributed by atoms with E-state index in [0.29, 0.717) is 0 Å². The van der Waals surface area contributed by atoms with Crippen molar-refractivity contribution in [1.29, 1.82) is 0 Å². The number of rotatable bonds is 8. The van der Waals surface area contributed by atoms with Crippen LogP contribution in [0.5, 0.6) is 0 Å². The van der Waals surface area contributed by atoms with Gasteiger partial charge in [-0.05, 0) is 27.7 Å². The lowest BCUT2D eigenvalue weighted by Crippen LogP contribution is -2.63. The van der Waals surface area contributed by atoms with Gasteiger partial charge in [-0.15, -0.1) is 0 Å². The average molecular weight is 374 g/mol. The van der Waals surface area contributed by atoms with Gasteiger partial charge in [-0.1, -0.05) is 0 Å². The summed E-state index contributed by atoms with van der Waals surface area (Å²) in [6.07, 6.45) is -1.55. The van der Waals surface area contributed by atoms with Crippen molar-refractivity contribution in [1.82, 2.24) is 10.2 Å². The molecule has 0 aromatic carbocycles. The molecule has 0 radical (unpaired) electrons. The third-order valence-corrected chi connectivity index (χ3v) is 3.38. The van der Waals surface area contributed by atoms with E-state index in [2.05, 4.69) is 0 Å². The van der Waals surface area contributed by atoms with Crippen molar-refractivity contribution < 1.29 is 38.1 Å². The van der Waals surface area contributed by atoms with E-state index in [1.165, 1.54) is 7.11 Å². The number of hydrogen-bond donors (Lipinski definition) is 1. The fourth-order valence-corrected chi connectivity index (χ4v) is 2.26. The number of imide groups is 1. The van der Waals surface area contributed by atoms with E-state index in [0.717, 1.165) is 4.90 Å². The molecule has 26 heavy (non-hydrogen) atoms. The summed E-state index contributed by atoms with van der Waals surface area (Å²) in [6.45, 7) is 6.28. The van der Waals surface area contributed by atoms with E-state index in [4.69, 9.17) is 18.9 Å². The molecule has 0 saturated carbocycles. The Balaban J connectivity index is 3.23. The zero-order valence-corrected chi connectivity index (χ0v) is 15.7. The summed E-state index contributed by atoms with van der Waals surface area (Å²) in [6, 6.07) is 0. The molecule has 1 aliphatic heterocycles. The number of methoxy groups -OCH3 is 1. The number of hydrogen-bond acceptors (Lipinski definition) is 8. The monoisotopic (exact) mass is 374 g/mol. The van der Waals surface area contributed by atoms with Crippen LogP contribution in [-0.4, -0.2) is 73.6 Å². The Labute approximate surface area is 152 Å². The van der Waals surface area contributed by atoms with Gasteiger partial charge in [0.1, 0.15) is 12.3 Å². The van der Waals surface area contributed by atoms with Gasteiger partial charge in [-0.3, -0.25) is 19.8 Å². The Hall–Kier alpha value is -2.20. The van der Waals surface area contributed by atoms with Gasteiger partial charge >= 0.3 is 12.1 Å². The molecular weight excluding hydrogens is 348 g/mol. The summed E-state index contributed by atoms with van der Waals surface area (Å²) in [4.78, 5) is 50.3. The Bertz CT molecular complexity index is 557. The summed E-state index contributed by atoms with van der Waals surface area (Å²) < 4.78 is 20.4. The summed E-state index contributed by atoms with van der Waals surface area (Å²) in [7, 11) is 1.47. The second kappa shape index (κ2) is 8.95. The van der Waals surface area contributed by atoms with Gasteiger partial charge < -0.3 is 18.9 Å². The third kappa shape index (κ3) is 5.15. The smallest absolute Gasteiger partial charge is 0.413 e. The molecule has 1 heterocycles. The third-order valence-electron chi connectivity index (χ3n) is 3.38. The molecule has 0 aliphatic carbocycles. The van der Waals surface area contributed by atoms with Crippen LogP contribution in [0.3, 0.4) is 0 Å². The maximum Gasteiger partial charge on any atom is 0.413 e. The molecular formula is C16H26N2O8. The molecule has 1 rings (SSSR count). The highest BCUT2D eigenvalue weighted by molar-refractivity contribution is 6.21. The fourth-order valence-electron chi connectivity index (χ4n) is 2.26. The van der Waals surface area contributed by atoms with Crippen LogP contribution in [0.25, 0.3) is 0 Å². The largest absolute Gasteiger partial charge is 0.464 e. The first-order valence-corrected chi connectivity index (χ1v) is 8.17. The summed E-state index contributed by atoms with van der Waals surface area (Å²) >= 11 is 0. The second-order valence-electron chi connectivity index (χ2n) is 6.57. The standard InChI is InChI=1S/C16H26N2O8/c1-6-25-13(21)16(9-11(19)17-12(16)20)18(10-24-8-7-23-5)14(22)26-15(2,3)4/h6-10H2,1-5H3,(H,17,19,20)/t16-/m1/s1. The van der Waals surface area contributed by atoms with Crippen molar-refractivity contribution in [3.8, 4) is 0 Å². The molecule has 3 amide bonds. The van der Waals surface area contributed by atoms with E-state index in [-0.39, 0.29) is 19.8 Å². The van der Waals surface area contributed by atoms with E-state index < -0.39 is 48.2 Å². The highest BCUT2D eigenvalue weighted by Crippen LogP contribution is 2.29. The lowest BCUT2D eigenvalue weighted by Gasteiger charge is -2.36. The van der Waals surface area contributed by atoms with Gasteiger partial charge in [-0.2, -0.15) is 0 Å². The van der Waals surface area contributed by atoms with Crippen LogP contribution in [0.2, 0.25) is 0 Å². The Morgan fingerprint density at radius 1 is 1.23 bits per heavy atom. The first kappa shape index (κ1) is 21.8. The van der Waals surface area contributed by atoms with Crippen LogP contribution in [0.1, 0.15) is 34.1 Å². The molecule has 1 aliphatic rings. The molecule has 148 valence electrons. The summed E-state index contributed by atoms with van der Waals surface area (Å²) in [5, 5.41) is 2.04. The molecule has 0 unspecified atom stereocenters. The van der Waals surface area contributed by atoms with E-state index in [1.807, 2.05) is 5.32 Å². The average Bonchev–Trinajstić information content (AvgIpc) is 2.81. The van der Waals surface area contributed by atoms with E-state index >= 15 is 0 Å². The van der Waals surface area contributed by atoms with Crippen molar-refractivity contribution >= 4 is 23.9 Å². The Kier molecular flexibility index (Phi) is 7.52. The SMILES string of the molecule is CCOC(=O)[C@@]1(N(COCCOC)C(=O)OC(C)(C)C)CC(=O)NC1=O. The predicted octanol–water partition coefficient (Wildman–Crippen LogP) is 0.192. The highest BCUT2D eigenvalue weighted by Gasteiger charge is 2.61. The number of nitrogens with one attached hydrogen (secondary N) is 1. The van der Waals surface area contributed by atoms with Gasteiger partial charge in [0.25, 0.3) is 5.91 Å². The highest BCUT2D eigenvalue weighted by atomic mass is 16.6. The number of carbonyl (C=O) groups excluding carboxylic acids is 4. The maximum absolute atomic E-state index is 12.7. The van der Waals surface area contributed by atoms with Crippen LogP contribution < -0.4 is 5.32 Å². The van der Waals surface area contributed by atoms with Crippen LogP contribution in [0, 0.1) is 0 Å². The van der Waals surface area contributed by atoms with Crippen LogP contribution in [-0.2, 0) is 33.3 Å². The number of ether oxygens (including phenoxy) is 4. The maximum atomic E-state index is 12.7. The van der Waals surface area contributed by atoms with Gasteiger partial charge in [0.05, 0.1) is 26.2 Å². The number of nitrogens with zero attached hydrogens (tertiary/aromatic N) is 1. The molecule has 1 atom stereocenters. The minimum Gasteiger partial charge on any atom is -0.464 e. The summed E-state index contributed by atoms with van der Waals surface area (Å²) in [5.41, 5.74) is -3.07. The van der Waals surface area contributed by atoms with Crippen LogP contribution in [0.15, 0.2) is 0 Å². The lowest BCUT2D eigenvalue weighted by atomic mass is 9.95. The van der Waals surface area contributed by atoms with Crippen LogP contribution in [0.4, 0.5) is 4.79 Å². The zero-order chi connectivity index (χ0) is 20.0. The van der Waals surface area contributed by atoms with Gasteiger partial charge in [0, 0.05) is 7.11 Å². The van der Waals surface area contributed by atoms with Crippen LogP contribution >= 0.6 is 0 Å². The number of amides is 3. The fraction of sp³-hybridized carbons (Fsp3) is 0.750. The second-order valence-corrected chi connectivity index (χ2v) is 6.57. The molecule has 10 nitrogen and oxygen atoms in total. The van der Waals surface area contributed by atoms with Crippen molar-refractivity contribution in [3.63, 3.8) is 0 Å². The first-order valence-electron chi connectivity index (χ1n) is 8.17. The summed E-state index contributed by atoms with van der Waals surface area (Å²) in [5.74, 6) is -2.68. The molecule has 0 aromatic heterocycles. The molecule has 1 N–H and O–H groups in total. The Morgan fingerprint density at radius 3 is 2.35 bits per heavy atom. The number of esters is 1. The normalized spacial score (nSPS) is 19.9.